The molecule has 172 valence electrons. The van der Waals surface area contributed by atoms with E-state index in [1.54, 1.807) is 6.33 Å². The highest BCUT2D eigenvalue weighted by atomic mass is 16.3. The third-order valence-corrected chi connectivity index (χ3v) is 6.38. The Kier molecular flexibility index (Phi) is 5.24. The Balaban J connectivity index is 1.51. The van der Waals surface area contributed by atoms with E-state index in [4.69, 9.17) is 4.98 Å². The number of anilines is 1. The summed E-state index contributed by atoms with van der Waals surface area (Å²) in [4.78, 5) is 12.6. The molecule has 3 aromatic heterocycles. The Morgan fingerprint density at radius 2 is 1.80 bits per heavy atom. The number of aliphatic hydroxyl groups excluding tert-OH is 1. The predicted octanol–water partition coefficient (Wildman–Crippen LogP) is 5.62. The van der Waals surface area contributed by atoms with Crippen LogP contribution in [0.4, 0.5) is 5.69 Å². The van der Waals surface area contributed by atoms with Crippen LogP contribution in [-0.4, -0.2) is 36.9 Å². The molecular weight excluding hydrogens is 436 g/mol. The number of aromatic nitrogens is 5. The van der Waals surface area contributed by atoms with Crippen LogP contribution in [0.2, 0.25) is 0 Å². The van der Waals surface area contributed by atoms with Crippen LogP contribution in [0.1, 0.15) is 17.3 Å². The number of hydrogen-bond acceptors (Lipinski definition) is 5. The summed E-state index contributed by atoms with van der Waals surface area (Å²) in [6.07, 6.45) is 3.52. The number of hydrogen-bond donors (Lipinski definition) is 4. The maximum atomic E-state index is 10.1. The molecule has 1 unspecified atom stereocenters. The third kappa shape index (κ3) is 3.82. The van der Waals surface area contributed by atoms with E-state index in [-0.39, 0.29) is 12.6 Å². The lowest BCUT2D eigenvalue weighted by molar-refractivity contribution is 0.276. The van der Waals surface area contributed by atoms with Gasteiger partial charge in [-0.25, -0.2) is 4.98 Å². The molecule has 0 amide bonds. The first-order valence-electron chi connectivity index (χ1n) is 11.5. The fourth-order valence-electron chi connectivity index (χ4n) is 4.57. The molecule has 0 saturated heterocycles. The van der Waals surface area contributed by atoms with Gasteiger partial charge in [-0.1, -0.05) is 48.5 Å². The molecule has 0 aliphatic heterocycles. The minimum atomic E-state index is -0.245. The van der Waals surface area contributed by atoms with Crippen LogP contribution in [0.3, 0.4) is 0 Å². The van der Waals surface area contributed by atoms with Gasteiger partial charge in [-0.15, -0.1) is 0 Å². The summed E-state index contributed by atoms with van der Waals surface area (Å²) in [5, 5.41) is 22.0. The molecule has 7 heteroatoms. The number of fused-ring (bicyclic) bond motifs is 2. The van der Waals surface area contributed by atoms with Crippen molar-refractivity contribution < 1.29 is 5.11 Å². The SMILES string of the molecule is Cc1n[nH]c2ccc(-c3cc(NC(CO)c4ccccc4)cnc3-c3cccc4[nH]cnc34)cc12. The Hall–Kier alpha value is -4.49. The summed E-state index contributed by atoms with van der Waals surface area (Å²) in [5.41, 5.74) is 9.41. The van der Waals surface area contributed by atoms with E-state index in [0.717, 1.165) is 61.3 Å². The monoisotopic (exact) mass is 460 g/mol. The van der Waals surface area contributed by atoms with Gasteiger partial charge in [-0.3, -0.25) is 10.1 Å². The van der Waals surface area contributed by atoms with Crippen LogP contribution in [0.15, 0.2) is 85.3 Å². The predicted molar refractivity (Wildman–Crippen MR) is 139 cm³/mol. The zero-order valence-electron chi connectivity index (χ0n) is 19.2. The number of imidazole rings is 1. The lowest BCUT2D eigenvalue weighted by atomic mass is 9.96. The van der Waals surface area contributed by atoms with Crippen LogP contribution in [0.5, 0.6) is 0 Å². The summed E-state index contributed by atoms with van der Waals surface area (Å²) in [5.74, 6) is 0. The van der Waals surface area contributed by atoms with Gasteiger partial charge in [0.05, 0.1) is 58.8 Å². The highest BCUT2D eigenvalue weighted by Gasteiger charge is 2.17. The second-order valence-corrected chi connectivity index (χ2v) is 8.58. The number of nitrogens with one attached hydrogen (secondary N) is 3. The van der Waals surface area contributed by atoms with Crippen LogP contribution in [-0.2, 0) is 0 Å². The molecule has 0 aliphatic rings. The largest absolute Gasteiger partial charge is 0.394 e. The molecule has 0 radical (unpaired) electrons. The van der Waals surface area contributed by atoms with Crippen molar-refractivity contribution in [3.05, 3.63) is 96.6 Å². The molecule has 6 rings (SSSR count). The van der Waals surface area contributed by atoms with Gasteiger partial charge in [0.1, 0.15) is 0 Å². The average Bonchev–Trinajstić information content (AvgIpc) is 3.54. The Bertz CT molecular complexity index is 1640. The fourth-order valence-corrected chi connectivity index (χ4v) is 4.57. The highest BCUT2D eigenvalue weighted by Crippen LogP contribution is 2.37. The van der Waals surface area contributed by atoms with Crippen molar-refractivity contribution in [2.24, 2.45) is 0 Å². The van der Waals surface area contributed by atoms with Gasteiger partial charge in [0.15, 0.2) is 0 Å². The molecule has 3 aromatic carbocycles. The molecular formula is C28H24N6O. The molecule has 4 N–H and O–H groups in total. The van der Waals surface area contributed by atoms with Gasteiger partial charge >= 0.3 is 0 Å². The molecule has 35 heavy (non-hydrogen) atoms. The first-order chi connectivity index (χ1) is 17.2. The van der Waals surface area contributed by atoms with Crippen molar-refractivity contribution >= 4 is 27.6 Å². The number of nitrogens with zero attached hydrogens (tertiary/aromatic N) is 3. The number of aliphatic hydroxyl groups is 1. The van der Waals surface area contributed by atoms with E-state index < -0.39 is 0 Å². The quantitative estimate of drug-likeness (QED) is 0.258. The second kappa shape index (κ2) is 8.70. The number of pyridine rings is 1. The minimum absolute atomic E-state index is 0.0339. The molecule has 0 aliphatic carbocycles. The lowest BCUT2D eigenvalue weighted by Crippen LogP contribution is -2.15. The van der Waals surface area contributed by atoms with Crippen molar-refractivity contribution in [3.63, 3.8) is 0 Å². The zero-order valence-corrected chi connectivity index (χ0v) is 19.2. The number of aryl methyl sites for hydroxylation is 1. The Morgan fingerprint density at radius 3 is 2.66 bits per heavy atom. The fraction of sp³-hybridized carbons (Fsp3) is 0.107. The smallest absolute Gasteiger partial charge is 0.0976 e. The van der Waals surface area contributed by atoms with Gasteiger partial charge in [-0.05, 0) is 42.3 Å². The number of H-pyrrole nitrogens is 2. The summed E-state index contributed by atoms with van der Waals surface area (Å²) in [6, 6.07) is 24.1. The molecule has 0 fully saturated rings. The number of rotatable bonds is 6. The average molecular weight is 461 g/mol. The van der Waals surface area contributed by atoms with Crippen molar-refractivity contribution in [1.82, 2.24) is 25.1 Å². The molecule has 6 aromatic rings. The molecule has 0 spiro atoms. The Morgan fingerprint density at radius 1 is 0.914 bits per heavy atom. The van der Waals surface area contributed by atoms with Gasteiger partial charge in [-0.2, -0.15) is 5.10 Å². The van der Waals surface area contributed by atoms with Crippen LogP contribution in [0.25, 0.3) is 44.3 Å². The van der Waals surface area contributed by atoms with Crippen molar-refractivity contribution in [3.8, 4) is 22.4 Å². The maximum Gasteiger partial charge on any atom is 0.0976 e. The maximum absolute atomic E-state index is 10.1. The van der Waals surface area contributed by atoms with Crippen LogP contribution < -0.4 is 5.32 Å². The summed E-state index contributed by atoms with van der Waals surface area (Å²) < 4.78 is 0. The summed E-state index contributed by atoms with van der Waals surface area (Å²) >= 11 is 0. The molecule has 3 heterocycles. The van der Waals surface area contributed by atoms with Crippen LogP contribution >= 0.6 is 0 Å². The van der Waals surface area contributed by atoms with E-state index in [0.29, 0.717) is 0 Å². The lowest BCUT2D eigenvalue weighted by Gasteiger charge is -2.19. The molecule has 0 bridgehead atoms. The van der Waals surface area contributed by atoms with E-state index in [9.17, 15) is 5.11 Å². The van der Waals surface area contributed by atoms with Crippen molar-refractivity contribution in [2.45, 2.75) is 13.0 Å². The van der Waals surface area contributed by atoms with Crippen molar-refractivity contribution in [2.75, 3.05) is 11.9 Å². The summed E-state index contributed by atoms with van der Waals surface area (Å²) in [7, 11) is 0. The highest BCUT2D eigenvalue weighted by molar-refractivity contribution is 5.97. The normalized spacial score (nSPS) is 12.3. The standard InChI is InChI=1S/C28H24N6O/c1-17-22-12-19(10-11-24(22)34-33-17)23-13-20(32-26(15-35)18-6-3-2-4-7-18)14-29-27(23)21-8-5-9-25-28(21)31-16-30-25/h2-14,16,26,32,35H,15H2,1H3,(H,30,31)(H,33,34). The van der Waals surface area contributed by atoms with Crippen molar-refractivity contribution in [1.29, 1.82) is 0 Å². The van der Waals surface area contributed by atoms with E-state index in [2.05, 4.69) is 43.7 Å². The van der Waals surface area contributed by atoms with Crippen LogP contribution in [0, 0.1) is 6.92 Å². The summed E-state index contributed by atoms with van der Waals surface area (Å²) in [6.45, 7) is 1.96. The number of benzene rings is 3. The number of aromatic amines is 2. The number of para-hydroxylation sites is 1. The first kappa shape index (κ1) is 21.1. The van der Waals surface area contributed by atoms with Gasteiger partial charge in [0, 0.05) is 16.5 Å². The van der Waals surface area contributed by atoms with Gasteiger partial charge in [0.2, 0.25) is 0 Å². The minimum Gasteiger partial charge on any atom is -0.394 e. The van der Waals surface area contributed by atoms with E-state index >= 15 is 0 Å². The second-order valence-electron chi connectivity index (χ2n) is 8.58. The Labute approximate surface area is 201 Å². The molecule has 7 nitrogen and oxygen atoms in total. The van der Waals surface area contributed by atoms with Gasteiger partial charge in [0.25, 0.3) is 0 Å². The molecule has 1 atom stereocenters. The topological polar surface area (TPSA) is 103 Å². The first-order valence-corrected chi connectivity index (χ1v) is 11.5. The molecule has 0 saturated carbocycles. The van der Waals surface area contributed by atoms with E-state index in [1.165, 1.54) is 0 Å². The third-order valence-electron chi connectivity index (χ3n) is 6.38. The zero-order chi connectivity index (χ0) is 23.8. The van der Waals surface area contributed by atoms with E-state index in [1.807, 2.05) is 67.7 Å². The van der Waals surface area contributed by atoms with Gasteiger partial charge < -0.3 is 15.4 Å².